The second-order valence-corrected chi connectivity index (χ2v) is 5.29. The Morgan fingerprint density at radius 1 is 1.16 bits per heavy atom. The molecule has 0 saturated carbocycles. The Morgan fingerprint density at radius 2 is 1.84 bits per heavy atom. The van der Waals surface area contributed by atoms with Gasteiger partial charge < -0.3 is 10.2 Å². The molecule has 1 aliphatic rings. The van der Waals surface area contributed by atoms with Gasteiger partial charge in [-0.2, -0.15) is 0 Å². The van der Waals surface area contributed by atoms with Crippen LogP contribution in [0.4, 0.5) is 0 Å². The lowest BCUT2D eigenvalue weighted by Gasteiger charge is -2.36. The Balaban J connectivity index is 2.22. The predicted molar refractivity (Wildman–Crippen MR) is 73.5 cm³/mol. The molecule has 0 aliphatic carbocycles. The molecule has 1 aromatic carbocycles. The van der Waals surface area contributed by atoms with Crippen molar-refractivity contribution >= 4 is 11.8 Å². The molecule has 1 N–H and O–H groups in total. The third-order valence-corrected chi connectivity index (χ3v) is 3.78. The molecule has 2 rings (SSSR count). The highest BCUT2D eigenvalue weighted by molar-refractivity contribution is 5.96. The standard InChI is InChI=1S/C15H20N2O2/c1-9-5-6-13(7-10(9)2)8-17-12(4)14(18)16-11(3)15(17)19/h5-7,11-12H,8H2,1-4H3,(H,16,18). The highest BCUT2D eigenvalue weighted by Gasteiger charge is 2.35. The molecule has 19 heavy (non-hydrogen) atoms. The largest absolute Gasteiger partial charge is 0.343 e. The van der Waals surface area contributed by atoms with E-state index in [4.69, 9.17) is 0 Å². The number of amides is 2. The first-order valence-corrected chi connectivity index (χ1v) is 6.57. The van der Waals surface area contributed by atoms with Crippen LogP contribution in [0.15, 0.2) is 18.2 Å². The zero-order valence-electron chi connectivity index (χ0n) is 11.9. The lowest BCUT2D eigenvalue weighted by molar-refractivity contribution is -0.148. The Labute approximate surface area is 113 Å². The minimum Gasteiger partial charge on any atom is -0.343 e. The summed E-state index contributed by atoms with van der Waals surface area (Å²) in [4.78, 5) is 25.6. The summed E-state index contributed by atoms with van der Waals surface area (Å²) in [5, 5.41) is 2.68. The van der Waals surface area contributed by atoms with E-state index in [1.807, 2.05) is 12.1 Å². The number of nitrogens with one attached hydrogen (secondary N) is 1. The zero-order chi connectivity index (χ0) is 14.2. The number of aryl methyl sites for hydroxylation is 2. The lowest BCUT2D eigenvalue weighted by atomic mass is 10.0. The summed E-state index contributed by atoms with van der Waals surface area (Å²) in [7, 11) is 0. The predicted octanol–water partition coefficient (Wildman–Crippen LogP) is 1.54. The molecule has 4 nitrogen and oxygen atoms in total. The van der Waals surface area contributed by atoms with Crippen molar-refractivity contribution < 1.29 is 9.59 Å². The van der Waals surface area contributed by atoms with Crippen LogP contribution in [-0.2, 0) is 16.1 Å². The number of hydrogen-bond donors (Lipinski definition) is 1. The van der Waals surface area contributed by atoms with Crippen molar-refractivity contribution in [2.75, 3.05) is 0 Å². The van der Waals surface area contributed by atoms with Crippen LogP contribution in [-0.4, -0.2) is 28.8 Å². The van der Waals surface area contributed by atoms with Gasteiger partial charge in [0.2, 0.25) is 11.8 Å². The molecule has 0 spiro atoms. The molecule has 102 valence electrons. The molecule has 1 heterocycles. The van der Waals surface area contributed by atoms with Crippen molar-refractivity contribution in [1.82, 2.24) is 10.2 Å². The average molecular weight is 260 g/mol. The third-order valence-electron chi connectivity index (χ3n) is 3.78. The molecule has 2 atom stereocenters. The number of rotatable bonds is 2. The Kier molecular flexibility index (Phi) is 3.60. The van der Waals surface area contributed by atoms with E-state index in [1.54, 1.807) is 18.7 Å². The molecule has 1 fully saturated rings. The van der Waals surface area contributed by atoms with Gasteiger partial charge >= 0.3 is 0 Å². The van der Waals surface area contributed by atoms with Crippen molar-refractivity contribution in [2.24, 2.45) is 0 Å². The van der Waals surface area contributed by atoms with Crippen molar-refractivity contribution in [3.63, 3.8) is 0 Å². The van der Waals surface area contributed by atoms with Gasteiger partial charge in [-0.1, -0.05) is 18.2 Å². The summed E-state index contributed by atoms with van der Waals surface area (Å²) in [6.07, 6.45) is 0. The van der Waals surface area contributed by atoms with E-state index in [0.717, 1.165) is 5.56 Å². The Hall–Kier alpha value is -1.84. The first-order valence-electron chi connectivity index (χ1n) is 6.57. The fourth-order valence-corrected chi connectivity index (χ4v) is 2.29. The third kappa shape index (κ3) is 2.62. The monoisotopic (exact) mass is 260 g/mol. The van der Waals surface area contributed by atoms with Gasteiger partial charge in [0.1, 0.15) is 12.1 Å². The minimum absolute atomic E-state index is 0.0228. The van der Waals surface area contributed by atoms with Gasteiger partial charge in [0.05, 0.1) is 0 Å². The fourth-order valence-electron chi connectivity index (χ4n) is 2.29. The van der Waals surface area contributed by atoms with Gasteiger partial charge in [-0.15, -0.1) is 0 Å². The van der Waals surface area contributed by atoms with Crippen molar-refractivity contribution in [1.29, 1.82) is 0 Å². The average Bonchev–Trinajstić information content (AvgIpc) is 2.36. The maximum absolute atomic E-state index is 12.1. The summed E-state index contributed by atoms with van der Waals surface area (Å²) in [5.74, 6) is -0.110. The summed E-state index contributed by atoms with van der Waals surface area (Å²) in [6.45, 7) is 8.08. The SMILES string of the molecule is Cc1ccc(CN2C(=O)C(C)NC(=O)C2C)cc1C. The first kappa shape index (κ1) is 13.6. The van der Waals surface area contributed by atoms with Gasteiger partial charge in [-0.05, 0) is 44.4 Å². The summed E-state index contributed by atoms with van der Waals surface area (Å²) in [5.41, 5.74) is 3.49. The zero-order valence-corrected chi connectivity index (χ0v) is 11.9. The molecule has 2 unspecified atom stereocenters. The number of piperazine rings is 1. The van der Waals surface area contributed by atoms with Crippen molar-refractivity contribution in [3.05, 3.63) is 34.9 Å². The van der Waals surface area contributed by atoms with Crippen molar-refractivity contribution in [2.45, 2.75) is 46.3 Å². The number of carbonyl (C=O) groups excluding carboxylic acids is 2. The minimum atomic E-state index is -0.435. The number of carbonyl (C=O) groups is 2. The van der Waals surface area contributed by atoms with E-state index >= 15 is 0 Å². The maximum atomic E-state index is 12.1. The van der Waals surface area contributed by atoms with Gasteiger partial charge in [0, 0.05) is 6.54 Å². The smallest absolute Gasteiger partial charge is 0.245 e. The topological polar surface area (TPSA) is 49.4 Å². The van der Waals surface area contributed by atoms with Crippen LogP contribution >= 0.6 is 0 Å². The lowest BCUT2D eigenvalue weighted by Crippen LogP contribution is -2.60. The number of nitrogens with zero attached hydrogens (tertiary/aromatic N) is 1. The fraction of sp³-hybridized carbons (Fsp3) is 0.467. The molecule has 1 aliphatic heterocycles. The molecule has 0 aromatic heterocycles. The summed E-state index contributed by atoms with van der Waals surface area (Å²) < 4.78 is 0. The molecular weight excluding hydrogens is 240 g/mol. The van der Waals surface area contributed by atoms with Crippen LogP contribution in [0.2, 0.25) is 0 Å². The van der Waals surface area contributed by atoms with Gasteiger partial charge in [0.15, 0.2) is 0 Å². The van der Waals surface area contributed by atoms with E-state index in [0.29, 0.717) is 6.54 Å². The van der Waals surface area contributed by atoms with Gasteiger partial charge in [-0.25, -0.2) is 0 Å². The molecule has 4 heteroatoms. The van der Waals surface area contributed by atoms with E-state index in [-0.39, 0.29) is 11.8 Å². The van der Waals surface area contributed by atoms with E-state index < -0.39 is 12.1 Å². The van der Waals surface area contributed by atoms with Crippen LogP contribution in [0.3, 0.4) is 0 Å². The molecular formula is C15H20N2O2. The Bertz CT molecular complexity index is 525. The number of benzene rings is 1. The first-order chi connectivity index (χ1) is 8.90. The van der Waals surface area contributed by atoms with Gasteiger partial charge in [-0.3, -0.25) is 9.59 Å². The van der Waals surface area contributed by atoms with Crippen LogP contribution in [0.25, 0.3) is 0 Å². The van der Waals surface area contributed by atoms with Crippen LogP contribution in [0.1, 0.15) is 30.5 Å². The second-order valence-electron chi connectivity index (χ2n) is 5.29. The van der Waals surface area contributed by atoms with E-state index in [1.165, 1.54) is 11.1 Å². The molecule has 1 saturated heterocycles. The second kappa shape index (κ2) is 5.03. The molecule has 1 aromatic rings. The van der Waals surface area contributed by atoms with E-state index in [9.17, 15) is 9.59 Å². The summed E-state index contributed by atoms with van der Waals surface area (Å²) in [6, 6.07) is 5.29. The van der Waals surface area contributed by atoms with Crippen molar-refractivity contribution in [3.8, 4) is 0 Å². The van der Waals surface area contributed by atoms with Crippen LogP contribution < -0.4 is 5.32 Å². The van der Waals surface area contributed by atoms with Gasteiger partial charge in [0.25, 0.3) is 0 Å². The van der Waals surface area contributed by atoms with E-state index in [2.05, 4.69) is 25.2 Å². The molecule has 0 bridgehead atoms. The van der Waals surface area contributed by atoms with Crippen LogP contribution in [0.5, 0.6) is 0 Å². The quantitative estimate of drug-likeness (QED) is 0.877. The normalized spacial score (nSPS) is 23.5. The Morgan fingerprint density at radius 3 is 2.47 bits per heavy atom. The maximum Gasteiger partial charge on any atom is 0.245 e. The van der Waals surface area contributed by atoms with Crippen LogP contribution in [0, 0.1) is 13.8 Å². The molecule has 2 amide bonds. The highest BCUT2D eigenvalue weighted by atomic mass is 16.2. The molecule has 0 radical (unpaired) electrons. The number of hydrogen-bond acceptors (Lipinski definition) is 2. The summed E-state index contributed by atoms with van der Waals surface area (Å²) >= 11 is 0. The highest BCUT2D eigenvalue weighted by Crippen LogP contribution is 2.16.